The Bertz CT molecular complexity index is 1270. The Labute approximate surface area is 239 Å². The molecule has 11 nitrogen and oxygen atoms in total. The number of carbonyl (C=O) groups is 4. The van der Waals surface area contributed by atoms with Gasteiger partial charge in [0.2, 0.25) is 6.29 Å². The number of rotatable bonds is 11. The van der Waals surface area contributed by atoms with Crippen molar-refractivity contribution in [1.82, 2.24) is 10.3 Å². The number of esters is 1. The lowest BCUT2D eigenvalue weighted by Gasteiger charge is -2.18. The minimum absolute atomic E-state index is 0.0667. The molecule has 0 bridgehead atoms. The van der Waals surface area contributed by atoms with Crippen LogP contribution in [-0.2, 0) is 14.2 Å². The maximum atomic E-state index is 13.2. The highest BCUT2D eigenvalue weighted by Crippen LogP contribution is 2.34. The number of hydrogen-bond acceptors (Lipinski definition) is 9. The molecule has 0 radical (unpaired) electrons. The largest absolute Gasteiger partial charge is 0.511 e. The van der Waals surface area contributed by atoms with Crippen LogP contribution in [0, 0.1) is 5.92 Å². The van der Waals surface area contributed by atoms with Crippen LogP contribution in [0.4, 0.5) is 4.79 Å². The lowest BCUT2D eigenvalue weighted by atomic mass is 9.95. The highest BCUT2D eigenvalue weighted by Gasteiger charge is 2.27. The molecule has 1 aliphatic rings. The smallest absolute Gasteiger partial charge is 0.496 e. The second kappa shape index (κ2) is 15.4. The average molecular weight is 571 g/mol. The van der Waals surface area contributed by atoms with Crippen molar-refractivity contribution in [3.05, 3.63) is 53.4 Å². The van der Waals surface area contributed by atoms with Crippen molar-refractivity contribution in [2.45, 2.75) is 66.3 Å². The predicted molar refractivity (Wildman–Crippen MR) is 152 cm³/mol. The molecule has 222 valence electrons. The number of aromatic nitrogens is 1. The highest BCUT2D eigenvalue weighted by molar-refractivity contribution is 6.03. The summed E-state index contributed by atoms with van der Waals surface area (Å²) in [6, 6.07) is 5.57. The molecule has 1 heterocycles. The van der Waals surface area contributed by atoms with E-state index in [4.69, 9.17) is 18.9 Å². The molecule has 0 aliphatic heterocycles. The summed E-state index contributed by atoms with van der Waals surface area (Å²) in [6.45, 7) is 13.0. The number of carboxylic acids is 1. The molecular weight excluding hydrogens is 532 g/mol. The molecule has 1 atom stereocenters. The van der Waals surface area contributed by atoms with Gasteiger partial charge in [-0.25, -0.2) is 19.4 Å². The van der Waals surface area contributed by atoms with Crippen molar-refractivity contribution < 1.29 is 43.2 Å². The second-order valence-electron chi connectivity index (χ2n) is 9.61. The molecule has 2 N–H and O–H groups in total. The number of carboxylic acid groups (broad SMARTS) is 1. The molecule has 3 rings (SSSR count). The fourth-order valence-corrected chi connectivity index (χ4v) is 3.53. The van der Waals surface area contributed by atoms with E-state index in [1.165, 1.54) is 50.8 Å². The molecule has 1 aromatic carbocycles. The van der Waals surface area contributed by atoms with E-state index < -0.39 is 36.4 Å². The molecule has 1 aromatic heterocycles. The number of carbonyl (C=O) groups excluding carboxylic acids is 3. The number of amides is 1. The lowest BCUT2D eigenvalue weighted by Crippen LogP contribution is -2.28. The van der Waals surface area contributed by atoms with Gasteiger partial charge in [0.15, 0.2) is 5.69 Å². The summed E-state index contributed by atoms with van der Waals surface area (Å²) in [5, 5.41) is 12.6. The summed E-state index contributed by atoms with van der Waals surface area (Å²) in [4.78, 5) is 54.0. The molecule has 2 aromatic rings. The minimum atomic E-state index is -1.37. The van der Waals surface area contributed by atoms with Gasteiger partial charge in [-0.1, -0.05) is 32.9 Å². The Morgan fingerprint density at radius 1 is 1.07 bits per heavy atom. The Kier molecular flexibility index (Phi) is 12.3. The molecule has 1 unspecified atom stereocenters. The van der Waals surface area contributed by atoms with Gasteiger partial charge in [-0.3, -0.25) is 4.79 Å². The average Bonchev–Trinajstić information content (AvgIpc) is 3.75. The van der Waals surface area contributed by atoms with Gasteiger partial charge in [0.25, 0.3) is 5.91 Å². The molecule has 1 aliphatic carbocycles. The van der Waals surface area contributed by atoms with Crippen LogP contribution in [0.15, 0.2) is 30.8 Å². The van der Waals surface area contributed by atoms with Gasteiger partial charge in [0.05, 0.1) is 18.8 Å². The maximum Gasteiger partial charge on any atom is 0.511 e. The summed E-state index contributed by atoms with van der Waals surface area (Å²) in [5.41, 5.74) is 0.00211. The Hall–Kier alpha value is -4.41. The molecule has 41 heavy (non-hydrogen) atoms. The van der Waals surface area contributed by atoms with Crippen molar-refractivity contribution in [2.24, 2.45) is 5.92 Å². The van der Waals surface area contributed by atoms with Crippen molar-refractivity contribution in [3.63, 3.8) is 0 Å². The van der Waals surface area contributed by atoms with Crippen LogP contribution in [0.3, 0.4) is 0 Å². The van der Waals surface area contributed by atoms with E-state index in [0.29, 0.717) is 23.8 Å². The topological polar surface area (TPSA) is 150 Å². The van der Waals surface area contributed by atoms with Crippen molar-refractivity contribution >= 4 is 30.1 Å². The van der Waals surface area contributed by atoms with Crippen molar-refractivity contribution in [2.75, 3.05) is 13.7 Å². The number of ether oxygens (including phenoxy) is 4. The number of nitrogens with zero attached hydrogens (tertiary/aromatic N) is 1. The van der Waals surface area contributed by atoms with Gasteiger partial charge in [-0.2, -0.15) is 0 Å². The van der Waals surface area contributed by atoms with Crippen molar-refractivity contribution in [1.29, 1.82) is 0 Å². The van der Waals surface area contributed by atoms with Crippen LogP contribution in [0.5, 0.6) is 5.75 Å². The van der Waals surface area contributed by atoms with E-state index in [-0.39, 0.29) is 28.1 Å². The fourth-order valence-electron chi connectivity index (χ4n) is 3.53. The van der Waals surface area contributed by atoms with Gasteiger partial charge < -0.3 is 29.4 Å². The predicted octanol–water partition coefficient (Wildman–Crippen LogP) is 5.72. The lowest BCUT2D eigenvalue weighted by molar-refractivity contribution is -0.0868. The number of benzene rings is 1. The summed E-state index contributed by atoms with van der Waals surface area (Å²) in [6.07, 6.45) is 1.88. The number of methoxy groups -OCH3 is 1. The standard InChI is InChI=1S/C27H30N2O9.C3H8/c1-6-17-11-20(25(31)32)19(12-22(17)35-5)18-9-10-21(24(30)28-13-16-7-8-16)29-23(18)26(33)37-15(4)38-27(34)36-14(2)3;1-3-2/h6,9-12,14-16H,1,7-8,13H2,2-5H3,(H,28,30)(H,31,32);3H2,1-2H3. The second-order valence-corrected chi connectivity index (χ2v) is 9.61. The summed E-state index contributed by atoms with van der Waals surface area (Å²) in [7, 11) is 1.41. The molecule has 1 amide bonds. The van der Waals surface area contributed by atoms with Crippen LogP contribution in [0.1, 0.15) is 90.8 Å². The first-order valence-electron chi connectivity index (χ1n) is 13.4. The zero-order valence-electron chi connectivity index (χ0n) is 24.3. The normalized spacial score (nSPS) is 12.8. The monoisotopic (exact) mass is 570 g/mol. The quantitative estimate of drug-likeness (QED) is 0.254. The van der Waals surface area contributed by atoms with Crippen LogP contribution in [-0.4, -0.2) is 60.1 Å². The van der Waals surface area contributed by atoms with Crippen LogP contribution in [0.25, 0.3) is 17.2 Å². The van der Waals surface area contributed by atoms with Crippen molar-refractivity contribution in [3.8, 4) is 16.9 Å². The number of aromatic carboxylic acids is 1. The van der Waals surface area contributed by atoms with Gasteiger partial charge in [0, 0.05) is 30.2 Å². The summed E-state index contributed by atoms with van der Waals surface area (Å²) >= 11 is 0. The Morgan fingerprint density at radius 2 is 1.73 bits per heavy atom. The van der Waals surface area contributed by atoms with E-state index in [1.54, 1.807) is 13.8 Å². The number of nitrogens with one attached hydrogen (secondary N) is 1. The zero-order valence-corrected chi connectivity index (χ0v) is 24.3. The SMILES string of the molecule is C=Cc1cc(C(=O)O)c(-c2ccc(C(=O)NCC3CC3)nc2C(=O)OC(C)OC(=O)OC(C)C)cc1OC.CCC. The molecule has 11 heteroatoms. The first-order valence-corrected chi connectivity index (χ1v) is 13.4. The third-order valence-electron chi connectivity index (χ3n) is 5.55. The van der Waals surface area contributed by atoms with E-state index in [0.717, 1.165) is 12.8 Å². The van der Waals surface area contributed by atoms with E-state index in [9.17, 15) is 24.3 Å². The van der Waals surface area contributed by atoms with E-state index >= 15 is 0 Å². The van der Waals surface area contributed by atoms with Crippen LogP contribution in [0.2, 0.25) is 0 Å². The summed E-state index contributed by atoms with van der Waals surface area (Å²) in [5.74, 6) is -2.10. The van der Waals surface area contributed by atoms with Gasteiger partial charge in [-0.15, -0.1) is 0 Å². The molecular formula is C30H38N2O9. The fraction of sp³-hybridized carbons (Fsp3) is 0.433. The molecule has 0 saturated heterocycles. The first kappa shape index (κ1) is 32.8. The van der Waals surface area contributed by atoms with E-state index in [1.807, 2.05) is 0 Å². The Morgan fingerprint density at radius 3 is 2.27 bits per heavy atom. The highest BCUT2D eigenvalue weighted by atomic mass is 16.8. The molecule has 0 spiro atoms. The Balaban J connectivity index is 0.00000187. The van der Waals surface area contributed by atoms with Gasteiger partial charge in [0.1, 0.15) is 11.4 Å². The van der Waals surface area contributed by atoms with E-state index in [2.05, 4.69) is 30.7 Å². The summed E-state index contributed by atoms with van der Waals surface area (Å²) < 4.78 is 20.4. The molecule has 1 fully saturated rings. The van der Waals surface area contributed by atoms with Crippen LogP contribution >= 0.6 is 0 Å². The third kappa shape index (κ3) is 9.63. The molecule has 1 saturated carbocycles. The zero-order chi connectivity index (χ0) is 30.7. The van der Waals surface area contributed by atoms with Crippen LogP contribution < -0.4 is 10.1 Å². The van der Waals surface area contributed by atoms with Gasteiger partial charge in [-0.05, 0) is 56.9 Å². The number of hydrogen-bond donors (Lipinski definition) is 2. The maximum absolute atomic E-state index is 13.2. The minimum Gasteiger partial charge on any atom is -0.496 e. The van der Waals surface area contributed by atoms with Gasteiger partial charge >= 0.3 is 18.1 Å². The first-order chi connectivity index (χ1) is 19.4. The third-order valence-corrected chi connectivity index (χ3v) is 5.55. The number of pyridine rings is 1.